The predicted octanol–water partition coefficient (Wildman–Crippen LogP) is 3.29. The molecule has 1 unspecified atom stereocenters. The largest absolute Gasteiger partial charge is 0.320 e. The first-order chi connectivity index (χ1) is 10.1. The normalized spacial score (nSPS) is 20.5. The van der Waals surface area contributed by atoms with Crippen LogP contribution in [0.3, 0.4) is 0 Å². The molecule has 1 fully saturated rings. The number of amides is 1. The van der Waals surface area contributed by atoms with Crippen LogP contribution in [0.1, 0.15) is 5.56 Å². The second-order valence-corrected chi connectivity index (χ2v) is 6.91. The first-order valence-electron chi connectivity index (χ1n) is 6.19. The molecule has 1 aromatic carbocycles. The molecular weight excluding hydrogens is 326 g/mol. The molecule has 1 atom stereocenters. The van der Waals surface area contributed by atoms with E-state index in [0.717, 1.165) is 11.3 Å². The summed E-state index contributed by atoms with van der Waals surface area (Å²) in [7, 11) is 1.74. The van der Waals surface area contributed by atoms with Crippen molar-refractivity contribution in [1.29, 1.82) is 0 Å². The molecule has 0 radical (unpaired) electrons. The number of thioether (sulfide) groups is 1. The van der Waals surface area contributed by atoms with Crippen molar-refractivity contribution in [2.24, 2.45) is 0 Å². The second kappa shape index (κ2) is 5.79. The van der Waals surface area contributed by atoms with Crippen molar-refractivity contribution in [2.75, 3.05) is 7.05 Å². The molecule has 1 aromatic heterocycles. The highest BCUT2D eigenvalue weighted by atomic mass is 35.5. The quantitative estimate of drug-likeness (QED) is 0.675. The van der Waals surface area contributed by atoms with Crippen LogP contribution in [-0.2, 0) is 4.79 Å². The Hall–Kier alpha value is -1.37. The van der Waals surface area contributed by atoms with Gasteiger partial charge in [0.25, 0.3) is 5.91 Å². The summed E-state index contributed by atoms with van der Waals surface area (Å²) in [5.41, 5.74) is 1.65. The van der Waals surface area contributed by atoms with E-state index in [4.69, 9.17) is 11.6 Å². The highest BCUT2D eigenvalue weighted by molar-refractivity contribution is 8.14. The van der Waals surface area contributed by atoms with Gasteiger partial charge < -0.3 is 4.90 Å². The second-order valence-electron chi connectivity index (χ2n) is 4.54. The number of aromatic nitrogens is 2. The minimum atomic E-state index is -0.137. The summed E-state index contributed by atoms with van der Waals surface area (Å²) in [6.45, 7) is 0. The van der Waals surface area contributed by atoms with Crippen molar-refractivity contribution in [3.63, 3.8) is 0 Å². The molecular formula is C14H12ClN3OS2. The molecule has 21 heavy (non-hydrogen) atoms. The van der Waals surface area contributed by atoms with E-state index in [9.17, 15) is 4.79 Å². The van der Waals surface area contributed by atoms with Crippen molar-refractivity contribution in [3.8, 4) is 5.69 Å². The maximum atomic E-state index is 12.0. The minimum Gasteiger partial charge on any atom is -0.320 e. The Kier molecular flexibility index (Phi) is 4.01. The van der Waals surface area contributed by atoms with Crippen LogP contribution in [0.15, 0.2) is 41.6 Å². The lowest BCUT2D eigenvalue weighted by molar-refractivity contribution is -0.123. The van der Waals surface area contributed by atoms with E-state index in [0.29, 0.717) is 9.93 Å². The third-order valence-corrected chi connectivity index (χ3v) is 5.15. The summed E-state index contributed by atoms with van der Waals surface area (Å²) >= 11 is 11.9. The van der Waals surface area contributed by atoms with Crippen LogP contribution in [-0.4, -0.2) is 32.3 Å². The number of halogens is 1. The van der Waals surface area contributed by atoms with Crippen LogP contribution >= 0.6 is 36.0 Å². The van der Waals surface area contributed by atoms with Crippen LogP contribution in [0.5, 0.6) is 0 Å². The Morgan fingerprint density at radius 1 is 1.43 bits per heavy atom. The number of para-hydroxylation sites is 1. The zero-order valence-corrected chi connectivity index (χ0v) is 13.6. The van der Waals surface area contributed by atoms with Gasteiger partial charge in [-0.05, 0) is 18.2 Å². The Morgan fingerprint density at radius 3 is 2.86 bits per heavy atom. The fourth-order valence-electron chi connectivity index (χ4n) is 1.94. The molecule has 1 saturated heterocycles. The lowest BCUT2D eigenvalue weighted by Gasteiger charge is -2.10. The topological polar surface area (TPSA) is 38.1 Å². The summed E-state index contributed by atoms with van der Waals surface area (Å²) in [5, 5.41) is 4.91. The summed E-state index contributed by atoms with van der Waals surface area (Å²) in [5.74, 6) is -0.0227. The molecule has 7 heteroatoms. The molecule has 0 N–H and O–H groups in total. The van der Waals surface area contributed by atoms with Gasteiger partial charge in [-0.1, -0.05) is 35.5 Å². The first-order valence-corrected chi connectivity index (χ1v) is 7.97. The maximum Gasteiger partial charge on any atom is 0.261 e. The molecule has 0 saturated carbocycles. The molecule has 2 aromatic rings. The van der Waals surface area contributed by atoms with Crippen molar-refractivity contribution in [1.82, 2.24) is 14.7 Å². The lowest BCUT2D eigenvalue weighted by atomic mass is 10.3. The average Bonchev–Trinajstić information content (AvgIpc) is 3.01. The zero-order valence-electron chi connectivity index (χ0n) is 11.1. The fourth-order valence-corrected chi connectivity index (χ4v) is 3.54. The van der Waals surface area contributed by atoms with E-state index in [2.05, 4.69) is 17.7 Å². The number of rotatable bonds is 2. The molecule has 4 nitrogen and oxygen atoms in total. The number of carbonyl (C=O) groups excluding carboxylic acids is 1. The number of thiol groups is 1. The molecule has 1 aliphatic rings. The van der Waals surface area contributed by atoms with Gasteiger partial charge in [0.15, 0.2) is 0 Å². The van der Waals surface area contributed by atoms with Gasteiger partial charge in [0.05, 0.1) is 21.8 Å². The van der Waals surface area contributed by atoms with Gasteiger partial charge in [-0.15, -0.1) is 12.6 Å². The minimum absolute atomic E-state index is 0.0227. The van der Waals surface area contributed by atoms with Crippen molar-refractivity contribution >= 4 is 48.0 Å². The van der Waals surface area contributed by atoms with Gasteiger partial charge in [0.2, 0.25) is 0 Å². The standard InChI is InChI=1S/C14H12ClN3OS2/c1-17-13(19)12(21-14(17)20)6-9-7-16-18(8-9)11-5-3-2-4-10(11)15/h2-8,14,20H,1H3/b12-6-. The van der Waals surface area contributed by atoms with Gasteiger partial charge in [-0.3, -0.25) is 4.79 Å². The zero-order chi connectivity index (χ0) is 15.0. The van der Waals surface area contributed by atoms with E-state index in [1.54, 1.807) is 22.8 Å². The highest BCUT2D eigenvalue weighted by Gasteiger charge is 2.30. The van der Waals surface area contributed by atoms with Crippen molar-refractivity contribution < 1.29 is 4.79 Å². The SMILES string of the molecule is CN1C(=O)/C(=C/c2cnn(-c3ccccc3Cl)c2)SC1S. The summed E-state index contributed by atoms with van der Waals surface area (Å²) in [6.07, 6.45) is 5.37. The number of benzene rings is 1. The van der Waals surface area contributed by atoms with E-state index < -0.39 is 0 Å². The van der Waals surface area contributed by atoms with E-state index >= 15 is 0 Å². The van der Waals surface area contributed by atoms with Crippen molar-refractivity contribution in [2.45, 2.75) is 4.71 Å². The molecule has 1 aliphatic heterocycles. The average molecular weight is 338 g/mol. The molecule has 108 valence electrons. The molecule has 2 heterocycles. The Balaban J connectivity index is 1.90. The van der Waals surface area contributed by atoms with Crippen LogP contribution in [0, 0.1) is 0 Å². The number of hydrogen-bond acceptors (Lipinski definition) is 4. The number of hydrogen-bond donors (Lipinski definition) is 1. The van der Waals surface area contributed by atoms with E-state index in [-0.39, 0.29) is 10.6 Å². The third kappa shape index (κ3) is 2.84. The Labute approximate surface area is 137 Å². The van der Waals surface area contributed by atoms with Crippen molar-refractivity contribution in [3.05, 3.63) is 52.2 Å². The highest BCUT2D eigenvalue weighted by Crippen LogP contribution is 2.36. The van der Waals surface area contributed by atoms with E-state index in [1.807, 2.05) is 36.5 Å². The van der Waals surface area contributed by atoms with Gasteiger partial charge in [-0.25, -0.2) is 4.68 Å². The molecule has 0 spiro atoms. The van der Waals surface area contributed by atoms with Crippen LogP contribution in [0.25, 0.3) is 11.8 Å². The fraction of sp³-hybridized carbons (Fsp3) is 0.143. The van der Waals surface area contributed by atoms with Gasteiger partial charge >= 0.3 is 0 Å². The maximum absolute atomic E-state index is 12.0. The van der Waals surface area contributed by atoms with Crippen LogP contribution in [0.4, 0.5) is 0 Å². The summed E-state index contributed by atoms with van der Waals surface area (Å²) < 4.78 is 1.56. The Morgan fingerprint density at radius 2 is 2.19 bits per heavy atom. The Bertz CT molecular complexity index is 729. The molecule has 3 rings (SSSR count). The molecule has 0 aliphatic carbocycles. The van der Waals surface area contributed by atoms with Crippen LogP contribution < -0.4 is 0 Å². The monoisotopic (exact) mass is 337 g/mol. The number of likely N-dealkylation sites (N-methyl/N-ethyl adjacent to an activating group) is 1. The van der Waals surface area contributed by atoms with Gasteiger partial charge in [0.1, 0.15) is 4.71 Å². The van der Waals surface area contributed by atoms with Crippen LogP contribution in [0.2, 0.25) is 5.02 Å². The summed E-state index contributed by atoms with van der Waals surface area (Å²) in [4.78, 5) is 14.2. The lowest BCUT2D eigenvalue weighted by Crippen LogP contribution is -2.23. The summed E-state index contributed by atoms with van der Waals surface area (Å²) in [6, 6.07) is 7.47. The third-order valence-electron chi connectivity index (χ3n) is 3.09. The molecule has 0 bridgehead atoms. The van der Waals surface area contributed by atoms with E-state index in [1.165, 1.54) is 11.8 Å². The number of nitrogens with zero attached hydrogens (tertiary/aromatic N) is 3. The van der Waals surface area contributed by atoms with Gasteiger partial charge in [0, 0.05) is 18.8 Å². The first kappa shape index (κ1) is 14.6. The molecule has 1 amide bonds. The smallest absolute Gasteiger partial charge is 0.261 e. The van der Waals surface area contributed by atoms with Gasteiger partial charge in [-0.2, -0.15) is 5.10 Å². The predicted molar refractivity (Wildman–Crippen MR) is 89.7 cm³/mol. The number of carbonyl (C=O) groups is 1.